The highest BCUT2D eigenvalue weighted by Crippen LogP contribution is 2.16. The van der Waals surface area contributed by atoms with E-state index in [0.29, 0.717) is 18.4 Å². The standard InChI is InChI=1S/C14H18N4O/c1-3-18(10-11-5-4-6-12(15)9-11)14-16-8-7-13(17-14)19-2/h4-9H,3,10,15H2,1-2H3. The van der Waals surface area contributed by atoms with Crippen molar-refractivity contribution in [1.82, 2.24) is 9.97 Å². The SMILES string of the molecule is CCN(Cc1cccc(N)c1)c1nccc(OC)n1. The van der Waals surface area contributed by atoms with Gasteiger partial charge in [0.05, 0.1) is 7.11 Å². The molecule has 5 heteroatoms. The van der Waals surface area contributed by atoms with Crippen molar-refractivity contribution < 1.29 is 4.74 Å². The average Bonchev–Trinajstić information content (AvgIpc) is 2.45. The molecule has 100 valence electrons. The summed E-state index contributed by atoms with van der Waals surface area (Å²) in [6.07, 6.45) is 1.70. The van der Waals surface area contributed by atoms with Crippen LogP contribution in [0.1, 0.15) is 12.5 Å². The second kappa shape index (κ2) is 6.04. The van der Waals surface area contributed by atoms with Crippen LogP contribution in [0.25, 0.3) is 0 Å². The normalized spacial score (nSPS) is 10.2. The lowest BCUT2D eigenvalue weighted by Gasteiger charge is -2.21. The lowest BCUT2D eigenvalue weighted by molar-refractivity contribution is 0.396. The molecule has 1 heterocycles. The summed E-state index contributed by atoms with van der Waals surface area (Å²) < 4.78 is 5.12. The molecule has 0 radical (unpaired) electrons. The van der Waals surface area contributed by atoms with Crippen molar-refractivity contribution in [3.63, 3.8) is 0 Å². The van der Waals surface area contributed by atoms with Crippen molar-refractivity contribution in [2.45, 2.75) is 13.5 Å². The third-order valence-corrected chi connectivity index (χ3v) is 2.82. The van der Waals surface area contributed by atoms with Crippen LogP contribution in [0.5, 0.6) is 5.88 Å². The zero-order chi connectivity index (χ0) is 13.7. The van der Waals surface area contributed by atoms with Crippen molar-refractivity contribution in [1.29, 1.82) is 0 Å². The highest BCUT2D eigenvalue weighted by Gasteiger charge is 2.09. The molecule has 0 aliphatic rings. The summed E-state index contributed by atoms with van der Waals surface area (Å²) in [5.74, 6) is 1.22. The predicted molar refractivity (Wildman–Crippen MR) is 76.2 cm³/mol. The van der Waals surface area contributed by atoms with Gasteiger partial charge in [0.1, 0.15) is 0 Å². The molecule has 2 aromatic rings. The average molecular weight is 258 g/mol. The van der Waals surface area contributed by atoms with E-state index in [-0.39, 0.29) is 0 Å². The largest absolute Gasteiger partial charge is 0.481 e. The van der Waals surface area contributed by atoms with Crippen molar-refractivity contribution in [3.05, 3.63) is 42.1 Å². The summed E-state index contributed by atoms with van der Waals surface area (Å²) in [4.78, 5) is 10.7. The van der Waals surface area contributed by atoms with Gasteiger partial charge in [-0.15, -0.1) is 0 Å². The Kier molecular flexibility index (Phi) is 4.18. The number of ether oxygens (including phenoxy) is 1. The van der Waals surface area contributed by atoms with Crippen molar-refractivity contribution in [3.8, 4) is 5.88 Å². The number of anilines is 2. The first-order valence-electron chi connectivity index (χ1n) is 6.19. The van der Waals surface area contributed by atoms with Crippen molar-refractivity contribution >= 4 is 11.6 Å². The van der Waals surface area contributed by atoms with Gasteiger partial charge in [0, 0.05) is 31.0 Å². The first kappa shape index (κ1) is 13.1. The lowest BCUT2D eigenvalue weighted by Crippen LogP contribution is -2.24. The van der Waals surface area contributed by atoms with Gasteiger partial charge in [0.2, 0.25) is 11.8 Å². The van der Waals surface area contributed by atoms with Gasteiger partial charge in [-0.3, -0.25) is 0 Å². The van der Waals surface area contributed by atoms with E-state index >= 15 is 0 Å². The molecule has 1 aromatic carbocycles. The quantitative estimate of drug-likeness (QED) is 0.832. The van der Waals surface area contributed by atoms with E-state index in [9.17, 15) is 0 Å². The second-order valence-electron chi connectivity index (χ2n) is 4.16. The van der Waals surface area contributed by atoms with Gasteiger partial charge in [0.25, 0.3) is 0 Å². The molecule has 0 aliphatic heterocycles. The van der Waals surface area contributed by atoms with Crippen LogP contribution in [-0.4, -0.2) is 23.6 Å². The molecule has 2 N–H and O–H groups in total. The van der Waals surface area contributed by atoms with Gasteiger partial charge < -0.3 is 15.4 Å². The minimum atomic E-state index is 0.566. The summed E-state index contributed by atoms with van der Waals surface area (Å²) in [5.41, 5.74) is 7.69. The Labute approximate surface area is 113 Å². The van der Waals surface area contributed by atoms with Crippen LogP contribution in [0.15, 0.2) is 36.5 Å². The zero-order valence-corrected chi connectivity index (χ0v) is 11.2. The third-order valence-electron chi connectivity index (χ3n) is 2.82. The Morgan fingerprint density at radius 2 is 2.16 bits per heavy atom. The van der Waals surface area contributed by atoms with Crippen LogP contribution >= 0.6 is 0 Å². The van der Waals surface area contributed by atoms with Crippen LogP contribution in [0.2, 0.25) is 0 Å². The van der Waals surface area contributed by atoms with Crippen molar-refractivity contribution in [2.24, 2.45) is 0 Å². The molecular weight excluding hydrogens is 240 g/mol. The van der Waals surface area contributed by atoms with E-state index in [2.05, 4.69) is 21.8 Å². The van der Waals surface area contributed by atoms with Gasteiger partial charge in [-0.1, -0.05) is 12.1 Å². The molecule has 1 aromatic heterocycles. The fraction of sp³-hybridized carbons (Fsp3) is 0.286. The molecule has 0 aliphatic carbocycles. The first-order chi connectivity index (χ1) is 9.22. The highest BCUT2D eigenvalue weighted by atomic mass is 16.5. The van der Waals surface area contributed by atoms with Crippen LogP contribution < -0.4 is 15.4 Å². The maximum Gasteiger partial charge on any atom is 0.228 e. The minimum absolute atomic E-state index is 0.566. The molecule has 2 rings (SSSR count). The van der Waals surface area contributed by atoms with Crippen LogP contribution in [0.3, 0.4) is 0 Å². The summed E-state index contributed by atoms with van der Waals surface area (Å²) in [7, 11) is 1.60. The molecular formula is C14H18N4O. The predicted octanol–water partition coefficient (Wildman–Crippen LogP) is 2.09. The topological polar surface area (TPSA) is 64.3 Å². The number of methoxy groups -OCH3 is 1. The van der Waals surface area contributed by atoms with E-state index < -0.39 is 0 Å². The molecule has 0 bridgehead atoms. The molecule has 19 heavy (non-hydrogen) atoms. The lowest BCUT2D eigenvalue weighted by atomic mass is 10.2. The molecule has 0 saturated heterocycles. The van der Waals surface area contributed by atoms with Gasteiger partial charge in [0.15, 0.2) is 0 Å². The number of aromatic nitrogens is 2. The van der Waals surface area contributed by atoms with Gasteiger partial charge in [-0.25, -0.2) is 4.98 Å². The smallest absolute Gasteiger partial charge is 0.228 e. The summed E-state index contributed by atoms with van der Waals surface area (Å²) >= 11 is 0. The molecule has 0 spiro atoms. The van der Waals surface area contributed by atoms with E-state index in [0.717, 1.165) is 17.8 Å². The Morgan fingerprint density at radius 3 is 2.84 bits per heavy atom. The molecule has 0 fully saturated rings. The van der Waals surface area contributed by atoms with E-state index in [1.54, 1.807) is 19.4 Å². The molecule has 5 nitrogen and oxygen atoms in total. The van der Waals surface area contributed by atoms with Gasteiger partial charge in [-0.05, 0) is 24.6 Å². The van der Waals surface area contributed by atoms with E-state index in [1.165, 1.54) is 0 Å². The van der Waals surface area contributed by atoms with E-state index in [4.69, 9.17) is 10.5 Å². The van der Waals surface area contributed by atoms with Gasteiger partial charge >= 0.3 is 0 Å². The molecule has 0 amide bonds. The Bertz CT molecular complexity index is 544. The maximum atomic E-state index is 5.79. The minimum Gasteiger partial charge on any atom is -0.481 e. The highest BCUT2D eigenvalue weighted by molar-refractivity contribution is 5.42. The number of hydrogen-bond donors (Lipinski definition) is 1. The van der Waals surface area contributed by atoms with Crippen LogP contribution in [-0.2, 0) is 6.54 Å². The maximum absolute atomic E-state index is 5.79. The third kappa shape index (κ3) is 3.34. The van der Waals surface area contributed by atoms with Gasteiger partial charge in [-0.2, -0.15) is 4.98 Å². The summed E-state index contributed by atoms with van der Waals surface area (Å²) in [5, 5.41) is 0. The van der Waals surface area contributed by atoms with Crippen LogP contribution in [0.4, 0.5) is 11.6 Å². The van der Waals surface area contributed by atoms with Crippen LogP contribution in [0, 0.1) is 0 Å². The summed E-state index contributed by atoms with van der Waals surface area (Å²) in [6.45, 7) is 3.59. The number of nitrogens with zero attached hydrogens (tertiary/aromatic N) is 3. The molecule has 0 atom stereocenters. The number of rotatable bonds is 5. The number of nitrogen functional groups attached to an aromatic ring is 1. The zero-order valence-electron chi connectivity index (χ0n) is 11.2. The number of nitrogens with two attached hydrogens (primary N) is 1. The monoisotopic (exact) mass is 258 g/mol. The first-order valence-corrected chi connectivity index (χ1v) is 6.19. The second-order valence-corrected chi connectivity index (χ2v) is 4.16. The van der Waals surface area contributed by atoms with Crippen molar-refractivity contribution in [2.75, 3.05) is 24.3 Å². The van der Waals surface area contributed by atoms with E-state index in [1.807, 2.05) is 24.3 Å². The summed E-state index contributed by atoms with van der Waals surface area (Å²) in [6, 6.07) is 9.56. The Morgan fingerprint density at radius 1 is 1.32 bits per heavy atom. The number of hydrogen-bond acceptors (Lipinski definition) is 5. The fourth-order valence-electron chi connectivity index (χ4n) is 1.83. The Hall–Kier alpha value is -2.30. The Balaban J connectivity index is 2.19. The number of benzene rings is 1. The molecule has 0 unspecified atom stereocenters. The molecule has 0 saturated carbocycles. The fourth-order valence-corrected chi connectivity index (χ4v) is 1.83.